The molecule has 0 saturated heterocycles. The van der Waals surface area contributed by atoms with Crippen molar-refractivity contribution in [3.8, 4) is 0 Å². The first kappa shape index (κ1) is 16.4. The van der Waals surface area contributed by atoms with Crippen LogP contribution in [0.3, 0.4) is 0 Å². The van der Waals surface area contributed by atoms with Gasteiger partial charge < -0.3 is 15.5 Å². The highest BCUT2D eigenvalue weighted by Crippen LogP contribution is 2.32. The zero-order valence-electron chi connectivity index (χ0n) is 12.7. The van der Waals surface area contributed by atoms with E-state index in [-0.39, 0.29) is 23.7 Å². The Morgan fingerprint density at radius 3 is 2.32 bits per heavy atom. The van der Waals surface area contributed by atoms with Crippen molar-refractivity contribution < 1.29 is 15.0 Å². The Hall–Kier alpha value is -0.610. The minimum absolute atomic E-state index is 0.117. The van der Waals surface area contributed by atoms with Crippen molar-refractivity contribution in [3.63, 3.8) is 0 Å². The first-order valence-corrected chi connectivity index (χ1v) is 7.33. The van der Waals surface area contributed by atoms with E-state index >= 15 is 0 Å². The molecule has 0 radical (unpaired) electrons. The molecule has 1 aliphatic carbocycles. The van der Waals surface area contributed by atoms with Crippen molar-refractivity contribution in [1.29, 1.82) is 0 Å². The van der Waals surface area contributed by atoms with Gasteiger partial charge >= 0.3 is 0 Å². The van der Waals surface area contributed by atoms with Gasteiger partial charge in [0, 0.05) is 12.0 Å². The van der Waals surface area contributed by atoms with Crippen LogP contribution in [0.4, 0.5) is 0 Å². The second-order valence-corrected chi connectivity index (χ2v) is 7.06. The second kappa shape index (κ2) is 6.23. The van der Waals surface area contributed by atoms with Crippen LogP contribution >= 0.6 is 0 Å². The van der Waals surface area contributed by atoms with Crippen molar-refractivity contribution in [2.24, 2.45) is 11.3 Å². The SMILES string of the molecule is CC(C)C(O)C(C)(C)CNC(=O)CC1(O)CCCC1. The van der Waals surface area contributed by atoms with Crippen molar-refractivity contribution >= 4 is 5.91 Å². The average molecular weight is 271 g/mol. The van der Waals surface area contributed by atoms with Crippen LogP contribution in [0.1, 0.15) is 59.8 Å². The third-order valence-corrected chi connectivity index (χ3v) is 4.20. The van der Waals surface area contributed by atoms with Gasteiger partial charge in [-0.2, -0.15) is 0 Å². The largest absolute Gasteiger partial charge is 0.392 e. The smallest absolute Gasteiger partial charge is 0.222 e. The molecular formula is C15H29NO3. The number of aliphatic hydroxyl groups excluding tert-OH is 1. The minimum Gasteiger partial charge on any atom is -0.392 e. The zero-order chi connectivity index (χ0) is 14.7. The maximum absolute atomic E-state index is 11.9. The molecule has 3 N–H and O–H groups in total. The summed E-state index contributed by atoms with van der Waals surface area (Å²) < 4.78 is 0. The zero-order valence-corrected chi connectivity index (χ0v) is 12.7. The van der Waals surface area contributed by atoms with Crippen LogP contribution in [0.2, 0.25) is 0 Å². The normalized spacial score (nSPS) is 20.6. The Morgan fingerprint density at radius 1 is 1.32 bits per heavy atom. The van der Waals surface area contributed by atoms with Crippen molar-refractivity contribution in [2.75, 3.05) is 6.54 Å². The van der Waals surface area contributed by atoms with Crippen molar-refractivity contribution in [3.05, 3.63) is 0 Å². The number of amides is 1. The van der Waals surface area contributed by atoms with E-state index in [2.05, 4.69) is 5.32 Å². The highest BCUT2D eigenvalue weighted by molar-refractivity contribution is 5.77. The summed E-state index contributed by atoms with van der Waals surface area (Å²) in [5.41, 5.74) is -1.16. The molecular weight excluding hydrogens is 242 g/mol. The van der Waals surface area contributed by atoms with Crippen LogP contribution in [0.15, 0.2) is 0 Å². The Kier molecular flexibility index (Phi) is 5.39. The summed E-state index contributed by atoms with van der Waals surface area (Å²) in [7, 11) is 0. The molecule has 1 amide bonds. The van der Waals surface area contributed by atoms with Gasteiger partial charge in [-0.1, -0.05) is 40.5 Å². The average Bonchev–Trinajstić information content (AvgIpc) is 2.72. The highest BCUT2D eigenvalue weighted by Gasteiger charge is 2.35. The molecule has 1 unspecified atom stereocenters. The lowest BCUT2D eigenvalue weighted by atomic mass is 9.80. The molecule has 0 aromatic carbocycles. The molecule has 1 atom stereocenters. The molecule has 0 spiro atoms. The number of hydrogen-bond acceptors (Lipinski definition) is 3. The lowest BCUT2D eigenvalue weighted by molar-refractivity contribution is -0.126. The summed E-state index contributed by atoms with van der Waals surface area (Å²) in [6.45, 7) is 8.26. The van der Waals surface area contributed by atoms with Crippen molar-refractivity contribution in [2.45, 2.75) is 71.5 Å². The number of nitrogens with one attached hydrogen (secondary N) is 1. The van der Waals surface area contributed by atoms with Gasteiger partial charge in [0.1, 0.15) is 0 Å². The van der Waals surface area contributed by atoms with E-state index in [1.807, 2.05) is 27.7 Å². The molecule has 1 aliphatic rings. The summed E-state index contributed by atoms with van der Waals surface area (Å²) in [5.74, 6) is 0.0411. The first-order valence-electron chi connectivity index (χ1n) is 7.33. The fourth-order valence-corrected chi connectivity index (χ4v) is 2.90. The number of aliphatic hydroxyl groups is 2. The van der Waals surface area contributed by atoms with Crippen molar-refractivity contribution in [1.82, 2.24) is 5.32 Å². The summed E-state index contributed by atoms with van der Waals surface area (Å²) in [6, 6.07) is 0. The number of carbonyl (C=O) groups excluding carboxylic acids is 1. The number of carbonyl (C=O) groups is 1. The summed E-state index contributed by atoms with van der Waals surface area (Å²) in [6.07, 6.45) is 3.17. The lowest BCUT2D eigenvalue weighted by Crippen LogP contribution is -2.45. The molecule has 0 aromatic heterocycles. The number of rotatable bonds is 6. The molecule has 1 saturated carbocycles. The molecule has 112 valence electrons. The van der Waals surface area contributed by atoms with Crippen LogP contribution in [0.5, 0.6) is 0 Å². The molecule has 4 nitrogen and oxygen atoms in total. The van der Waals surface area contributed by atoms with E-state index in [9.17, 15) is 15.0 Å². The molecule has 0 heterocycles. The molecule has 0 aliphatic heterocycles. The Morgan fingerprint density at radius 2 is 1.84 bits per heavy atom. The fraction of sp³-hybridized carbons (Fsp3) is 0.933. The van der Waals surface area contributed by atoms with Crippen LogP contribution < -0.4 is 5.32 Å². The number of hydrogen-bond donors (Lipinski definition) is 3. The van der Waals surface area contributed by atoms with Gasteiger partial charge in [-0.15, -0.1) is 0 Å². The van der Waals surface area contributed by atoms with E-state index in [4.69, 9.17) is 0 Å². The highest BCUT2D eigenvalue weighted by atomic mass is 16.3. The predicted molar refractivity (Wildman–Crippen MR) is 75.7 cm³/mol. The van der Waals surface area contributed by atoms with Gasteiger partial charge in [0.05, 0.1) is 18.1 Å². The van der Waals surface area contributed by atoms with Crippen LogP contribution in [-0.2, 0) is 4.79 Å². The van der Waals surface area contributed by atoms with Crippen LogP contribution in [0, 0.1) is 11.3 Å². The standard InChI is InChI=1S/C15H29NO3/c1-11(2)13(18)14(3,4)10-16-12(17)9-15(19)7-5-6-8-15/h11,13,18-19H,5-10H2,1-4H3,(H,16,17). The molecule has 1 rings (SSSR count). The van der Waals surface area contributed by atoms with E-state index in [1.165, 1.54) is 0 Å². The summed E-state index contributed by atoms with van der Waals surface area (Å²) in [5, 5.41) is 23.1. The minimum atomic E-state index is -0.801. The predicted octanol–water partition coefficient (Wildman–Crippen LogP) is 1.84. The third kappa shape index (κ3) is 4.77. The van der Waals surface area contributed by atoms with Gasteiger partial charge in [0.2, 0.25) is 5.91 Å². The maximum atomic E-state index is 11.9. The first-order chi connectivity index (χ1) is 8.66. The van der Waals surface area contributed by atoms with E-state index in [1.54, 1.807) is 0 Å². The molecule has 0 bridgehead atoms. The second-order valence-electron chi connectivity index (χ2n) is 7.06. The van der Waals surface area contributed by atoms with Gasteiger partial charge in [-0.3, -0.25) is 4.79 Å². The third-order valence-electron chi connectivity index (χ3n) is 4.20. The Balaban J connectivity index is 2.41. The Labute approximate surface area is 116 Å². The molecule has 1 fully saturated rings. The Bertz CT molecular complexity index is 307. The van der Waals surface area contributed by atoms with Gasteiger partial charge in [-0.05, 0) is 18.8 Å². The topological polar surface area (TPSA) is 69.6 Å². The van der Waals surface area contributed by atoms with E-state index in [0.717, 1.165) is 25.7 Å². The maximum Gasteiger partial charge on any atom is 0.222 e. The lowest BCUT2D eigenvalue weighted by Gasteiger charge is -2.33. The van der Waals surface area contributed by atoms with Gasteiger partial charge in [-0.25, -0.2) is 0 Å². The van der Waals surface area contributed by atoms with Gasteiger partial charge in [0.15, 0.2) is 0 Å². The van der Waals surface area contributed by atoms with E-state index < -0.39 is 11.7 Å². The summed E-state index contributed by atoms with van der Waals surface area (Å²) in [4.78, 5) is 11.9. The molecule has 19 heavy (non-hydrogen) atoms. The quantitative estimate of drug-likeness (QED) is 0.690. The molecule has 4 heteroatoms. The van der Waals surface area contributed by atoms with Crippen LogP contribution in [0.25, 0.3) is 0 Å². The van der Waals surface area contributed by atoms with E-state index in [0.29, 0.717) is 6.54 Å². The van der Waals surface area contributed by atoms with Crippen LogP contribution in [-0.4, -0.2) is 34.4 Å². The monoisotopic (exact) mass is 271 g/mol. The fourth-order valence-electron chi connectivity index (χ4n) is 2.90. The molecule has 0 aromatic rings. The van der Waals surface area contributed by atoms with Gasteiger partial charge in [0.25, 0.3) is 0 Å². The summed E-state index contributed by atoms with van der Waals surface area (Å²) >= 11 is 0.